The molecule has 0 N–H and O–H groups in total. The van der Waals surface area contributed by atoms with Crippen LogP contribution in [0.25, 0.3) is 0 Å². The second kappa shape index (κ2) is 5.92. The summed E-state index contributed by atoms with van der Waals surface area (Å²) in [5, 5.41) is 0.167. The Bertz CT molecular complexity index is 636. The molecule has 1 aromatic carbocycles. The van der Waals surface area contributed by atoms with Gasteiger partial charge in [0.15, 0.2) is 0 Å². The number of hydrogen-bond donors (Lipinski definition) is 0. The van der Waals surface area contributed by atoms with Crippen LogP contribution in [-0.4, -0.2) is 21.0 Å². The van der Waals surface area contributed by atoms with Gasteiger partial charge in [0.05, 0.1) is 17.1 Å². The van der Waals surface area contributed by atoms with Gasteiger partial charge in [0.2, 0.25) is 0 Å². The highest BCUT2D eigenvalue weighted by atomic mass is 35.7. The van der Waals surface area contributed by atoms with Gasteiger partial charge in [-0.25, -0.2) is 13.2 Å². The standard InChI is InChI=1S/C13H14Cl2O4S/c1-8-11(14)6-10(7-12(8)20(15,17)18)13(16)19-5-4-9-2-3-9/h6-7,9H,2-5H2,1H3. The van der Waals surface area contributed by atoms with E-state index in [0.717, 1.165) is 6.42 Å². The summed E-state index contributed by atoms with van der Waals surface area (Å²) in [4.78, 5) is 11.7. The van der Waals surface area contributed by atoms with Gasteiger partial charge in [0.25, 0.3) is 9.05 Å². The summed E-state index contributed by atoms with van der Waals surface area (Å²) in [6.07, 6.45) is 3.21. The molecular formula is C13H14Cl2O4S. The molecule has 20 heavy (non-hydrogen) atoms. The van der Waals surface area contributed by atoms with Gasteiger partial charge in [-0.05, 0) is 37.0 Å². The first kappa shape index (κ1) is 15.6. The van der Waals surface area contributed by atoms with Gasteiger partial charge in [0, 0.05) is 15.7 Å². The van der Waals surface area contributed by atoms with E-state index in [2.05, 4.69) is 0 Å². The zero-order valence-corrected chi connectivity index (χ0v) is 13.2. The molecule has 0 atom stereocenters. The fourth-order valence-electron chi connectivity index (χ4n) is 1.83. The molecule has 1 aromatic rings. The van der Waals surface area contributed by atoms with Crippen molar-refractivity contribution in [1.82, 2.24) is 0 Å². The number of rotatable bonds is 5. The maximum Gasteiger partial charge on any atom is 0.338 e. The lowest BCUT2D eigenvalue weighted by atomic mass is 10.1. The zero-order chi connectivity index (χ0) is 14.9. The van der Waals surface area contributed by atoms with Crippen LogP contribution in [0.2, 0.25) is 5.02 Å². The second-order valence-electron chi connectivity index (χ2n) is 4.89. The molecule has 0 aromatic heterocycles. The van der Waals surface area contributed by atoms with E-state index in [1.54, 1.807) is 0 Å². The third-order valence-corrected chi connectivity index (χ3v) is 5.09. The predicted molar refractivity (Wildman–Crippen MR) is 76.9 cm³/mol. The average molecular weight is 337 g/mol. The molecule has 4 nitrogen and oxygen atoms in total. The molecular weight excluding hydrogens is 323 g/mol. The van der Waals surface area contributed by atoms with Crippen molar-refractivity contribution in [2.75, 3.05) is 6.61 Å². The van der Waals surface area contributed by atoms with Crippen molar-refractivity contribution < 1.29 is 17.9 Å². The summed E-state index contributed by atoms with van der Waals surface area (Å²) in [5.41, 5.74) is 0.409. The first-order valence-corrected chi connectivity index (χ1v) is 8.89. The Kier molecular flexibility index (Phi) is 4.62. The van der Waals surface area contributed by atoms with Crippen molar-refractivity contribution in [2.24, 2.45) is 5.92 Å². The topological polar surface area (TPSA) is 60.4 Å². The highest BCUT2D eigenvalue weighted by Gasteiger charge is 2.23. The summed E-state index contributed by atoms with van der Waals surface area (Å²) >= 11 is 5.93. The Morgan fingerprint density at radius 1 is 1.40 bits per heavy atom. The molecule has 0 unspecified atom stereocenters. The van der Waals surface area contributed by atoms with Crippen LogP contribution in [0.3, 0.4) is 0 Å². The number of esters is 1. The van der Waals surface area contributed by atoms with Gasteiger partial charge in [0.1, 0.15) is 0 Å². The van der Waals surface area contributed by atoms with E-state index in [0.29, 0.717) is 18.1 Å². The van der Waals surface area contributed by atoms with Crippen LogP contribution in [0, 0.1) is 12.8 Å². The fourth-order valence-corrected chi connectivity index (χ4v) is 3.33. The van der Waals surface area contributed by atoms with E-state index in [1.165, 1.54) is 31.9 Å². The molecule has 0 spiro atoms. The summed E-state index contributed by atoms with van der Waals surface area (Å²) in [6.45, 7) is 1.86. The van der Waals surface area contributed by atoms with Crippen LogP contribution in [-0.2, 0) is 13.8 Å². The summed E-state index contributed by atoms with van der Waals surface area (Å²) in [5.74, 6) is 0.0669. The first-order chi connectivity index (χ1) is 9.29. The fraction of sp³-hybridized carbons (Fsp3) is 0.462. The molecule has 1 fully saturated rings. The molecule has 0 aliphatic heterocycles. The summed E-state index contributed by atoms with van der Waals surface area (Å²) < 4.78 is 28.0. The van der Waals surface area contributed by atoms with Crippen LogP contribution in [0.4, 0.5) is 0 Å². The minimum Gasteiger partial charge on any atom is -0.462 e. The van der Waals surface area contributed by atoms with E-state index in [4.69, 9.17) is 27.0 Å². The van der Waals surface area contributed by atoms with Gasteiger partial charge in [-0.15, -0.1) is 0 Å². The van der Waals surface area contributed by atoms with Crippen LogP contribution >= 0.6 is 22.3 Å². The van der Waals surface area contributed by atoms with Gasteiger partial charge in [-0.1, -0.05) is 24.4 Å². The summed E-state index contributed by atoms with van der Waals surface area (Å²) in [7, 11) is 1.37. The van der Waals surface area contributed by atoms with Gasteiger partial charge in [-0.3, -0.25) is 0 Å². The number of ether oxygens (including phenoxy) is 1. The Balaban J connectivity index is 2.18. The third kappa shape index (κ3) is 3.87. The number of carbonyl (C=O) groups excluding carboxylic acids is 1. The third-order valence-electron chi connectivity index (χ3n) is 3.25. The maximum atomic E-state index is 11.9. The van der Waals surface area contributed by atoms with Crippen molar-refractivity contribution in [3.63, 3.8) is 0 Å². The Morgan fingerprint density at radius 2 is 2.05 bits per heavy atom. The van der Waals surface area contributed by atoms with E-state index in [1.807, 2.05) is 0 Å². The van der Waals surface area contributed by atoms with Crippen LogP contribution in [0.1, 0.15) is 35.2 Å². The maximum absolute atomic E-state index is 11.9. The van der Waals surface area contributed by atoms with Crippen LogP contribution in [0.5, 0.6) is 0 Å². The summed E-state index contributed by atoms with van der Waals surface area (Å²) in [6, 6.07) is 2.59. The Labute approximate surface area is 127 Å². The van der Waals surface area contributed by atoms with Crippen molar-refractivity contribution >= 4 is 37.3 Å². The minimum absolute atomic E-state index is 0.0932. The highest BCUT2D eigenvalue weighted by molar-refractivity contribution is 8.13. The lowest BCUT2D eigenvalue weighted by Crippen LogP contribution is -2.09. The molecule has 0 heterocycles. The van der Waals surface area contributed by atoms with Crippen molar-refractivity contribution in [3.8, 4) is 0 Å². The second-order valence-corrected chi connectivity index (χ2v) is 7.83. The molecule has 0 amide bonds. The van der Waals surface area contributed by atoms with Gasteiger partial charge in [-0.2, -0.15) is 0 Å². The Hall–Kier alpha value is -0.780. The van der Waals surface area contributed by atoms with E-state index in [9.17, 15) is 13.2 Å². The molecule has 7 heteroatoms. The van der Waals surface area contributed by atoms with E-state index >= 15 is 0 Å². The van der Waals surface area contributed by atoms with Crippen LogP contribution in [0.15, 0.2) is 17.0 Å². The normalized spacial score (nSPS) is 15.2. The Morgan fingerprint density at radius 3 is 2.60 bits per heavy atom. The SMILES string of the molecule is Cc1c(Cl)cc(C(=O)OCCC2CC2)cc1S(=O)(=O)Cl. The van der Waals surface area contributed by atoms with Crippen LogP contribution < -0.4 is 0 Å². The number of carbonyl (C=O) groups is 1. The molecule has 0 radical (unpaired) electrons. The molecule has 1 aliphatic rings. The van der Waals surface area contributed by atoms with Gasteiger partial charge >= 0.3 is 5.97 Å². The molecule has 0 bridgehead atoms. The van der Waals surface area contributed by atoms with E-state index < -0.39 is 15.0 Å². The molecule has 2 rings (SSSR count). The van der Waals surface area contributed by atoms with Crippen molar-refractivity contribution in [1.29, 1.82) is 0 Å². The quantitative estimate of drug-likeness (QED) is 0.609. The first-order valence-electron chi connectivity index (χ1n) is 6.21. The number of halogens is 2. The number of benzene rings is 1. The minimum atomic E-state index is -3.96. The number of hydrogen-bond acceptors (Lipinski definition) is 4. The largest absolute Gasteiger partial charge is 0.462 e. The van der Waals surface area contributed by atoms with Gasteiger partial charge < -0.3 is 4.74 Å². The van der Waals surface area contributed by atoms with Crippen molar-refractivity contribution in [3.05, 3.63) is 28.3 Å². The van der Waals surface area contributed by atoms with E-state index in [-0.39, 0.29) is 15.5 Å². The predicted octanol–water partition coefficient (Wildman–Crippen LogP) is 3.53. The average Bonchev–Trinajstić information content (AvgIpc) is 3.14. The smallest absolute Gasteiger partial charge is 0.338 e. The highest BCUT2D eigenvalue weighted by Crippen LogP contribution is 2.32. The monoisotopic (exact) mass is 336 g/mol. The molecule has 0 saturated heterocycles. The lowest BCUT2D eigenvalue weighted by molar-refractivity contribution is 0.0494. The lowest BCUT2D eigenvalue weighted by Gasteiger charge is -2.09. The molecule has 1 aliphatic carbocycles. The zero-order valence-electron chi connectivity index (χ0n) is 10.9. The van der Waals surface area contributed by atoms with Crippen molar-refractivity contribution in [2.45, 2.75) is 31.1 Å². The molecule has 110 valence electrons. The molecule has 1 saturated carbocycles.